The van der Waals surface area contributed by atoms with Crippen molar-refractivity contribution in [1.29, 1.82) is 0 Å². The van der Waals surface area contributed by atoms with Gasteiger partial charge in [-0.15, -0.1) is 10.2 Å². The number of halogens is 1. The molecule has 0 bridgehead atoms. The highest BCUT2D eigenvalue weighted by Gasteiger charge is 2.21. The summed E-state index contributed by atoms with van der Waals surface area (Å²) in [5.74, 6) is -0.0133. The number of rotatable bonds is 5. The van der Waals surface area contributed by atoms with Crippen molar-refractivity contribution in [2.45, 2.75) is 6.92 Å². The summed E-state index contributed by atoms with van der Waals surface area (Å²) >= 11 is 11.8. The Morgan fingerprint density at radius 2 is 1.61 bits per heavy atom. The molecule has 0 amide bonds. The quantitative estimate of drug-likeness (QED) is 0.264. The number of para-hydroxylation sites is 2. The van der Waals surface area contributed by atoms with Crippen LogP contribution < -0.4 is 10.3 Å². The van der Waals surface area contributed by atoms with Gasteiger partial charge in [0.2, 0.25) is 11.6 Å². The summed E-state index contributed by atoms with van der Waals surface area (Å²) in [6.45, 7) is 1.94. The van der Waals surface area contributed by atoms with Gasteiger partial charge < -0.3 is 9.84 Å². The Balaban J connectivity index is 2.05. The number of methoxy groups -OCH3 is 1. The van der Waals surface area contributed by atoms with Crippen LogP contribution in [0.1, 0.15) is 5.56 Å². The number of nitrogens with zero attached hydrogens (tertiary/aromatic N) is 4. The van der Waals surface area contributed by atoms with Crippen molar-refractivity contribution < 1.29 is 9.84 Å². The van der Waals surface area contributed by atoms with Crippen LogP contribution in [0.3, 0.4) is 0 Å². The Morgan fingerprint density at radius 3 is 2.30 bits per heavy atom. The van der Waals surface area contributed by atoms with Gasteiger partial charge in [0.15, 0.2) is 4.77 Å². The average molecular weight is 479 g/mol. The van der Waals surface area contributed by atoms with Crippen LogP contribution >= 0.6 is 23.8 Å². The highest BCUT2D eigenvalue weighted by Crippen LogP contribution is 2.33. The fourth-order valence-corrected chi connectivity index (χ4v) is 3.81. The maximum absolute atomic E-state index is 13.4. The molecule has 4 aromatic rings. The Kier molecular flexibility index (Phi) is 6.39. The van der Waals surface area contributed by atoms with Gasteiger partial charge in [0.25, 0.3) is 5.56 Å². The van der Waals surface area contributed by atoms with Crippen molar-refractivity contribution in [2.75, 3.05) is 7.11 Å². The standard InChI is InChI=1S/C24H19ClN4O3S/c1-15-11-13-16(14-12-15)28-22(30)21(27-26-18-8-4-3-7-17(18)25)23(31)29(24(28)33)19-9-5-6-10-20(19)32-2/h3-14,31H,1-2H3. The molecule has 1 N–H and O–H groups in total. The third kappa shape index (κ3) is 4.30. The van der Waals surface area contributed by atoms with Crippen LogP contribution in [0, 0.1) is 11.7 Å². The topological polar surface area (TPSA) is 81.1 Å². The van der Waals surface area contributed by atoms with Gasteiger partial charge in [0, 0.05) is 0 Å². The second-order valence-corrected chi connectivity index (χ2v) is 7.86. The van der Waals surface area contributed by atoms with E-state index in [1.165, 1.54) is 16.2 Å². The van der Waals surface area contributed by atoms with E-state index in [2.05, 4.69) is 10.2 Å². The van der Waals surface area contributed by atoms with Gasteiger partial charge in [0.1, 0.15) is 11.4 Å². The molecule has 3 aromatic carbocycles. The zero-order valence-electron chi connectivity index (χ0n) is 17.8. The van der Waals surface area contributed by atoms with E-state index in [1.54, 1.807) is 60.7 Å². The summed E-state index contributed by atoms with van der Waals surface area (Å²) < 4.78 is 8.12. The van der Waals surface area contributed by atoms with Gasteiger partial charge in [-0.3, -0.25) is 13.9 Å². The molecule has 4 rings (SSSR count). The molecular formula is C24H19ClN4O3S. The summed E-state index contributed by atoms with van der Waals surface area (Å²) in [6, 6.07) is 21.1. The molecule has 0 saturated heterocycles. The van der Waals surface area contributed by atoms with E-state index in [9.17, 15) is 9.90 Å². The fraction of sp³-hybridized carbons (Fsp3) is 0.0833. The van der Waals surface area contributed by atoms with Crippen LogP contribution in [-0.4, -0.2) is 21.4 Å². The number of azo groups is 1. The van der Waals surface area contributed by atoms with E-state index < -0.39 is 11.4 Å². The molecule has 0 aliphatic rings. The van der Waals surface area contributed by atoms with Crippen LogP contribution in [0.15, 0.2) is 87.8 Å². The highest BCUT2D eigenvalue weighted by molar-refractivity contribution is 7.71. The lowest BCUT2D eigenvalue weighted by Crippen LogP contribution is -2.23. The van der Waals surface area contributed by atoms with E-state index in [0.29, 0.717) is 27.8 Å². The summed E-state index contributed by atoms with van der Waals surface area (Å²) in [6.07, 6.45) is 0. The minimum Gasteiger partial charge on any atom is -0.495 e. The first kappa shape index (κ1) is 22.4. The van der Waals surface area contributed by atoms with Gasteiger partial charge >= 0.3 is 0 Å². The second-order valence-electron chi connectivity index (χ2n) is 7.09. The van der Waals surface area contributed by atoms with Gasteiger partial charge in [-0.1, -0.05) is 53.6 Å². The molecule has 166 valence electrons. The molecule has 0 aliphatic carbocycles. The summed E-state index contributed by atoms with van der Waals surface area (Å²) in [5, 5.41) is 19.7. The minimum absolute atomic E-state index is 0.0440. The maximum atomic E-state index is 13.4. The first-order valence-corrected chi connectivity index (χ1v) is 10.7. The first-order valence-electron chi connectivity index (χ1n) is 9.90. The smallest absolute Gasteiger partial charge is 0.290 e. The second kappa shape index (κ2) is 9.40. The lowest BCUT2D eigenvalue weighted by Gasteiger charge is -2.17. The molecule has 7 nitrogen and oxygen atoms in total. The Labute approximate surface area is 199 Å². The van der Waals surface area contributed by atoms with Crippen LogP contribution in [-0.2, 0) is 0 Å². The molecular weight excluding hydrogens is 460 g/mol. The third-order valence-electron chi connectivity index (χ3n) is 4.94. The van der Waals surface area contributed by atoms with Crippen molar-refractivity contribution in [3.63, 3.8) is 0 Å². The molecule has 0 saturated carbocycles. The van der Waals surface area contributed by atoms with Crippen molar-refractivity contribution >= 4 is 35.2 Å². The summed E-state index contributed by atoms with van der Waals surface area (Å²) in [5.41, 5.74) is 1.42. The van der Waals surface area contributed by atoms with E-state index in [4.69, 9.17) is 28.6 Å². The zero-order valence-corrected chi connectivity index (χ0v) is 19.3. The van der Waals surface area contributed by atoms with Gasteiger partial charge in [-0.25, -0.2) is 0 Å². The zero-order chi connectivity index (χ0) is 23.5. The van der Waals surface area contributed by atoms with Gasteiger partial charge in [0.05, 0.1) is 23.5 Å². The average Bonchev–Trinajstić information content (AvgIpc) is 2.81. The monoisotopic (exact) mass is 478 g/mol. The van der Waals surface area contributed by atoms with Crippen molar-refractivity contribution in [3.8, 4) is 23.0 Å². The maximum Gasteiger partial charge on any atom is 0.290 e. The van der Waals surface area contributed by atoms with Crippen molar-refractivity contribution in [1.82, 2.24) is 9.13 Å². The molecule has 0 radical (unpaired) electrons. The molecule has 0 atom stereocenters. The highest BCUT2D eigenvalue weighted by atomic mass is 35.5. The molecule has 9 heteroatoms. The number of benzene rings is 3. The van der Waals surface area contributed by atoms with E-state index in [-0.39, 0.29) is 10.5 Å². The number of aromatic hydroxyl groups is 1. The minimum atomic E-state index is -0.622. The predicted octanol–water partition coefficient (Wildman–Crippen LogP) is 6.45. The summed E-state index contributed by atoms with van der Waals surface area (Å²) in [4.78, 5) is 13.4. The Bertz CT molecular complexity index is 1480. The Hall–Kier alpha value is -3.75. The van der Waals surface area contributed by atoms with Crippen LogP contribution in [0.25, 0.3) is 11.4 Å². The van der Waals surface area contributed by atoms with Gasteiger partial charge in [-0.2, -0.15) is 0 Å². The number of aromatic nitrogens is 2. The number of hydrogen-bond donors (Lipinski definition) is 1. The molecule has 0 unspecified atom stereocenters. The van der Waals surface area contributed by atoms with Crippen LogP contribution in [0.4, 0.5) is 11.4 Å². The molecule has 0 spiro atoms. The number of hydrogen-bond acceptors (Lipinski definition) is 6. The normalized spacial score (nSPS) is 11.1. The molecule has 1 heterocycles. The van der Waals surface area contributed by atoms with Crippen LogP contribution in [0.5, 0.6) is 11.6 Å². The van der Waals surface area contributed by atoms with E-state index in [1.807, 2.05) is 19.1 Å². The summed E-state index contributed by atoms with van der Waals surface area (Å²) in [7, 11) is 1.51. The van der Waals surface area contributed by atoms with Gasteiger partial charge in [-0.05, 0) is 55.5 Å². The van der Waals surface area contributed by atoms with Crippen molar-refractivity contribution in [2.24, 2.45) is 10.2 Å². The van der Waals surface area contributed by atoms with Crippen LogP contribution in [0.2, 0.25) is 5.02 Å². The lowest BCUT2D eigenvalue weighted by atomic mass is 10.2. The van der Waals surface area contributed by atoms with E-state index >= 15 is 0 Å². The number of ether oxygens (including phenoxy) is 1. The largest absolute Gasteiger partial charge is 0.495 e. The Morgan fingerprint density at radius 1 is 0.939 bits per heavy atom. The van der Waals surface area contributed by atoms with Crippen molar-refractivity contribution in [3.05, 3.63) is 98.5 Å². The fourth-order valence-electron chi connectivity index (χ4n) is 3.26. The SMILES string of the molecule is COc1ccccc1-n1c(O)c(N=Nc2ccccc2Cl)c(=O)n(-c2ccc(C)cc2)c1=S. The lowest BCUT2D eigenvalue weighted by molar-refractivity contribution is 0.402. The third-order valence-corrected chi connectivity index (χ3v) is 5.63. The predicted molar refractivity (Wildman–Crippen MR) is 131 cm³/mol. The first-order chi connectivity index (χ1) is 15.9. The number of aryl methyl sites for hydroxylation is 1. The molecule has 0 fully saturated rings. The molecule has 33 heavy (non-hydrogen) atoms. The molecule has 1 aromatic heterocycles. The molecule has 0 aliphatic heterocycles. The van der Waals surface area contributed by atoms with E-state index in [0.717, 1.165) is 5.56 Å².